The minimum absolute atomic E-state index is 0.281. The SMILES string of the molecule is CN(C)C1CCN(C(=O)C2CCC2)c2ccccc21. The zero-order valence-electron chi connectivity index (χ0n) is 11.8. The molecule has 0 radical (unpaired) electrons. The van der Waals surface area contributed by atoms with Crippen LogP contribution in [0.25, 0.3) is 0 Å². The number of nitrogens with zero attached hydrogens (tertiary/aromatic N) is 2. The summed E-state index contributed by atoms with van der Waals surface area (Å²) < 4.78 is 0. The first-order valence-corrected chi connectivity index (χ1v) is 7.25. The monoisotopic (exact) mass is 258 g/mol. The van der Waals surface area contributed by atoms with E-state index < -0.39 is 0 Å². The van der Waals surface area contributed by atoms with E-state index in [1.165, 1.54) is 12.0 Å². The van der Waals surface area contributed by atoms with Crippen molar-refractivity contribution in [2.24, 2.45) is 5.92 Å². The van der Waals surface area contributed by atoms with Crippen molar-refractivity contribution < 1.29 is 4.79 Å². The van der Waals surface area contributed by atoms with Gasteiger partial charge in [0.2, 0.25) is 5.91 Å². The molecule has 102 valence electrons. The van der Waals surface area contributed by atoms with Crippen LogP contribution in [0.3, 0.4) is 0 Å². The van der Waals surface area contributed by atoms with Gasteiger partial charge in [0.05, 0.1) is 0 Å². The van der Waals surface area contributed by atoms with Crippen molar-refractivity contribution in [2.75, 3.05) is 25.5 Å². The van der Waals surface area contributed by atoms with E-state index in [1.54, 1.807) is 0 Å². The number of amides is 1. The highest BCUT2D eigenvalue weighted by atomic mass is 16.2. The highest BCUT2D eigenvalue weighted by molar-refractivity contribution is 5.96. The zero-order valence-corrected chi connectivity index (χ0v) is 11.8. The molecule has 1 unspecified atom stereocenters. The third-order valence-electron chi connectivity index (χ3n) is 4.56. The van der Waals surface area contributed by atoms with Crippen molar-refractivity contribution in [3.8, 4) is 0 Å². The molecular weight excluding hydrogens is 236 g/mol. The smallest absolute Gasteiger partial charge is 0.230 e. The van der Waals surface area contributed by atoms with Gasteiger partial charge < -0.3 is 9.80 Å². The lowest BCUT2D eigenvalue weighted by atomic mass is 9.83. The summed E-state index contributed by atoms with van der Waals surface area (Å²) in [6, 6.07) is 8.81. The van der Waals surface area contributed by atoms with Gasteiger partial charge in [-0.15, -0.1) is 0 Å². The van der Waals surface area contributed by atoms with E-state index in [4.69, 9.17) is 0 Å². The number of benzene rings is 1. The Balaban J connectivity index is 1.92. The van der Waals surface area contributed by atoms with Crippen LogP contribution in [0.4, 0.5) is 5.69 Å². The fourth-order valence-electron chi connectivity index (χ4n) is 3.18. The second-order valence-electron chi connectivity index (χ2n) is 5.94. The predicted molar refractivity (Wildman–Crippen MR) is 77.2 cm³/mol. The molecule has 0 spiro atoms. The van der Waals surface area contributed by atoms with Gasteiger partial charge in [0.15, 0.2) is 0 Å². The number of hydrogen-bond donors (Lipinski definition) is 0. The van der Waals surface area contributed by atoms with E-state index in [0.29, 0.717) is 11.9 Å². The van der Waals surface area contributed by atoms with Gasteiger partial charge in [0.1, 0.15) is 0 Å². The van der Waals surface area contributed by atoms with Crippen LogP contribution in [0.1, 0.15) is 37.3 Å². The molecule has 0 bridgehead atoms. The Morgan fingerprint density at radius 2 is 1.95 bits per heavy atom. The molecule has 3 rings (SSSR count). The van der Waals surface area contributed by atoms with Crippen molar-refractivity contribution in [3.05, 3.63) is 29.8 Å². The normalized spacial score (nSPS) is 23.1. The van der Waals surface area contributed by atoms with Crippen LogP contribution in [0.2, 0.25) is 0 Å². The lowest BCUT2D eigenvalue weighted by Crippen LogP contribution is -2.44. The van der Waals surface area contributed by atoms with E-state index in [2.05, 4.69) is 37.2 Å². The Labute approximate surface area is 115 Å². The molecule has 1 amide bonds. The summed E-state index contributed by atoms with van der Waals surface area (Å²) in [5, 5.41) is 0. The molecule has 2 aliphatic rings. The van der Waals surface area contributed by atoms with Gasteiger partial charge in [-0.05, 0) is 45.0 Å². The molecule has 0 saturated heterocycles. The van der Waals surface area contributed by atoms with Gasteiger partial charge in [-0.1, -0.05) is 24.6 Å². The average Bonchev–Trinajstić information content (AvgIpc) is 2.35. The van der Waals surface area contributed by atoms with Crippen LogP contribution >= 0.6 is 0 Å². The average molecular weight is 258 g/mol. The number of carbonyl (C=O) groups excluding carboxylic acids is 1. The minimum atomic E-state index is 0.281. The number of anilines is 1. The van der Waals surface area contributed by atoms with Crippen molar-refractivity contribution >= 4 is 11.6 Å². The maximum Gasteiger partial charge on any atom is 0.230 e. The Bertz CT molecular complexity index is 479. The molecule has 0 N–H and O–H groups in total. The first-order chi connectivity index (χ1) is 9.18. The number of para-hydroxylation sites is 1. The summed E-state index contributed by atoms with van der Waals surface area (Å²) in [5.41, 5.74) is 2.43. The molecule has 1 aromatic rings. The van der Waals surface area contributed by atoms with Crippen molar-refractivity contribution in [1.82, 2.24) is 4.90 Å². The summed E-state index contributed by atoms with van der Waals surface area (Å²) >= 11 is 0. The zero-order chi connectivity index (χ0) is 13.4. The topological polar surface area (TPSA) is 23.6 Å². The molecule has 3 nitrogen and oxygen atoms in total. The first kappa shape index (κ1) is 12.7. The van der Waals surface area contributed by atoms with Gasteiger partial charge in [-0.3, -0.25) is 4.79 Å². The molecule has 19 heavy (non-hydrogen) atoms. The summed E-state index contributed by atoms with van der Waals surface area (Å²) in [7, 11) is 4.23. The first-order valence-electron chi connectivity index (χ1n) is 7.25. The number of rotatable bonds is 2. The Morgan fingerprint density at radius 1 is 1.21 bits per heavy atom. The van der Waals surface area contributed by atoms with Crippen LogP contribution in [0.15, 0.2) is 24.3 Å². The summed E-state index contributed by atoms with van der Waals surface area (Å²) in [6.07, 6.45) is 4.40. The fraction of sp³-hybridized carbons (Fsp3) is 0.562. The summed E-state index contributed by atoms with van der Waals surface area (Å²) in [4.78, 5) is 16.8. The Kier molecular flexibility index (Phi) is 3.31. The van der Waals surface area contributed by atoms with Crippen LogP contribution in [-0.2, 0) is 4.79 Å². The maximum absolute atomic E-state index is 12.5. The molecule has 1 fully saturated rings. The van der Waals surface area contributed by atoms with Crippen molar-refractivity contribution in [1.29, 1.82) is 0 Å². The molecule has 1 aliphatic carbocycles. The van der Waals surface area contributed by atoms with Gasteiger partial charge in [0.25, 0.3) is 0 Å². The number of hydrogen-bond acceptors (Lipinski definition) is 2. The highest BCUT2D eigenvalue weighted by Crippen LogP contribution is 2.38. The van der Waals surface area contributed by atoms with Crippen molar-refractivity contribution in [3.63, 3.8) is 0 Å². The number of carbonyl (C=O) groups is 1. The van der Waals surface area contributed by atoms with Gasteiger partial charge in [-0.2, -0.15) is 0 Å². The van der Waals surface area contributed by atoms with Crippen LogP contribution < -0.4 is 4.90 Å². The largest absolute Gasteiger partial charge is 0.312 e. The van der Waals surface area contributed by atoms with Crippen LogP contribution in [-0.4, -0.2) is 31.4 Å². The second-order valence-corrected chi connectivity index (χ2v) is 5.94. The standard InChI is InChI=1S/C16H22N2O/c1-17(2)14-10-11-18(16(19)12-6-5-7-12)15-9-4-3-8-13(14)15/h3-4,8-9,12,14H,5-7,10-11H2,1-2H3. The quantitative estimate of drug-likeness (QED) is 0.814. The Morgan fingerprint density at radius 3 is 2.58 bits per heavy atom. The molecule has 3 heteroatoms. The predicted octanol–water partition coefficient (Wildman–Crippen LogP) is 2.83. The molecular formula is C16H22N2O. The minimum Gasteiger partial charge on any atom is -0.312 e. The molecule has 1 saturated carbocycles. The molecule has 0 aromatic heterocycles. The molecule has 1 heterocycles. The lowest BCUT2D eigenvalue weighted by molar-refractivity contribution is -0.124. The lowest BCUT2D eigenvalue weighted by Gasteiger charge is -2.39. The van der Waals surface area contributed by atoms with E-state index >= 15 is 0 Å². The maximum atomic E-state index is 12.5. The summed E-state index contributed by atoms with van der Waals surface area (Å²) in [5.74, 6) is 0.625. The number of fused-ring (bicyclic) bond motifs is 1. The molecule has 1 atom stereocenters. The van der Waals surface area contributed by atoms with Gasteiger partial charge >= 0.3 is 0 Å². The van der Waals surface area contributed by atoms with Crippen LogP contribution in [0.5, 0.6) is 0 Å². The Hall–Kier alpha value is -1.35. The van der Waals surface area contributed by atoms with Crippen LogP contribution in [0, 0.1) is 5.92 Å². The van der Waals surface area contributed by atoms with Gasteiger partial charge in [0, 0.05) is 24.2 Å². The fourth-order valence-corrected chi connectivity index (χ4v) is 3.18. The van der Waals surface area contributed by atoms with Gasteiger partial charge in [-0.25, -0.2) is 0 Å². The molecule has 1 aliphatic heterocycles. The highest BCUT2D eigenvalue weighted by Gasteiger charge is 2.34. The van der Waals surface area contributed by atoms with E-state index in [1.807, 2.05) is 11.0 Å². The van der Waals surface area contributed by atoms with E-state index in [-0.39, 0.29) is 5.92 Å². The third-order valence-corrected chi connectivity index (χ3v) is 4.56. The molecule has 1 aromatic carbocycles. The second kappa shape index (κ2) is 4.97. The third kappa shape index (κ3) is 2.16. The van der Waals surface area contributed by atoms with E-state index in [9.17, 15) is 4.79 Å². The van der Waals surface area contributed by atoms with Crippen molar-refractivity contribution in [2.45, 2.75) is 31.7 Å². The van der Waals surface area contributed by atoms with E-state index in [0.717, 1.165) is 31.5 Å². The summed E-state index contributed by atoms with van der Waals surface area (Å²) in [6.45, 7) is 0.856.